The minimum atomic E-state index is -0.818. The predicted octanol–water partition coefficient (Wildman–Crippen LogP) is -0.0173. The van der Waals surface area contributed by atoms with Crippen molar-refractivity contribution in [2.24, 2.45) is 28.6 Å². The molecule has 0 radical (unpaired) electrons. The molecule has 7 heteroatoms. The first-order valence-corrected chi connectivity index (χ1v) is 6.84. The van der Waals surface area contributed by atoms with Crippen LogP contribution in [0.5, 0.6) is 0 Å². The summed E-state index contributed by atoms with van der Waals surface area (Å²) in [6.45, 7) is 2.15. The van der Waals surface area contributed by atoms with Crippen LogP contribution in [-0.2, 0) is 4.79 Å². The molecule has 0 aromatic rings. The van der Waals surface area contributed by atoms with E-state index in [0.717, 1.165) is 31.8 Å². The van der Waals surface area contributed by atoms with Gasteiger partial charge in [-0.1, -0.05) is 12.8 Å². The van der Waals surface area contributed by atoms with Crippen molar-refractivity contribution in [2.45, 2.75) is 38.5 Å². The van der Waals surface area contributed by atoms with Gasteiger partial charge in [-0.2, -0.15) is 5.10 Å². The number of nitrogens with two attached hydrogens (primary N) is 2. The Morgan fingerprint density at radius 2 is 2.16 bits per heavy atom. The lowest BCUT2D eigenvalue weighted by atomic mass is 9.89. The van der Waals surface area contributed by atoms with Crippen molar-refractivity contribution in [2.75, 3.05) is 13.1 Å². The lowest BCUT2D eigenvalue weighted by Crippen LogP contribution is -2.34. The average molecular weight is 271 g/mol. The maximum absolute atomic E-state index is 11.2. The Kier molecular flexibility index (Phi) is 7.20. The maximum Gasteiger partial charge on any atom is 0.306 e. The molecule has 0 aromatic heterocycles. The number of hydrogen-bond donors (Lipinski definition) is 5. The van der Waals surface area contributed by atoms with Crippen LogP contribution in [0.25, 0.3) is 0 Å². The molecule has 1 aliphatic heterocycles. The maximum atomic E-state index is 11.2. The summed E-state index contributed by atoms with van der Waals surface area (Å²) in [5.74, 6) is 10.1. The number of hydrazine groups is 1. The SMILES string of the molecule is N/N=C(/C[C@H](CCCC1CCNCC1)C(=O)O)NN. The summed E-state index contributed by atoms with van der Waals surface area (Å²) in [4.78, 5) is 11.2. The third-order valence-electron chi connectivity index (χ3n) is 3.74. The minimum absolute atomic E-state index is 0.258. The summed E-state index contributed by atoms with van der Waals surface area (Å²) in [5, 5.41) is 15.9. The molecule has 1 rings (SSSR count). The van der Waals surface area contributed by atoms with E-state index in [-0.39, 0.29) is 6.42 Å². The monoisotopic (exact) mass is 271 g/mol. The van der Waals surface area contributed by atoms with Gasteiger partial charge < -0.3 is 21.7 Å². The lowest BCUT2D eigenvalue weighted by Gasteiger charge is -2.23. The summed E-state index contributed by atoms with van der Waals surface area (Å²) in [6, 6.07) is 0. The van der Waals surface area contributed by atoms with Gasteiger partial charge in [-0.05, 0) is 38.3 Å². The van der Waals surface area contributed by atoms with Gasteiger partial charge in [-0.15, -0.1) is 0 Å². The number of hydrogen-bond acceptors (Lipinski definition) is 5. The van der Waals surface area contributed by atoms with E-state index in [1.54, 1.807) is 0 Å². The Labute approximate surface area is 113 Å². The van der Waals surface area contributed by atoms with Crippen molar-refractivity contribution in [3.63, 3.8) is 0 Å². The highest BCUT2D eigenvalue weighted by atomic mass is 16.4. The highest BCUT2D eigenvalue weighted by Crippen LogP contribution is 2.21. The average Bonchev–Trinajstić information content (AvgIpc) is 2.43. The molecule has 1 atom stereocenters. The molecular formula is C12H25N5O2. The first kappa shape index (κ1) is 15.7. The fourth-order valence-electron chi connectivity index (χ4n) is 2.52. The Morgan fingerprint density at radius 3 is 2.68 bits per heavy atom. The number of nitrogens with one attached hydrogen (secondary N) is 2. The van der Waals surface area contributed by atoms with Crippen LogP contribution in [0.15, 0.2) is 5.10 Å². The number of carboxylic acids is 1. The quantitative estimate of drug-likeness (QED) is 0.192. The fourth-order valence-corrected chi connectivity index (χ4v) is 2.52. The van der Waals surface area contributed by atoms with E-state index in [9.17, 15) is 9.90 Å². The normalized spacial score (nSPS) is 19.1. The number of hydrazone groups is 1. The van der Waals surface area contributed by atoms with Crippen molar-refractivity contribution in [3.05, 3.63) is 0 Å². The Hall–Kier alpha value is -1.34. The van der Waals surface area contributed by atoms with Crippen molar-refractivity contribution < 1.29 is 9.90 Å². The first-order chi connectivity index (χ1) is 9.17. The fraction of sp³-hybridized carbons (Fsp3) is 0.833. The molecule has 19 heavy (non-hydrogen) atoms. The van der Waals surface area contributed by atoms with Crippen LogP contribution in [0.1, 0.15) is 38.5 Å². The van der Waals surface area contributed by atoms with Gasteiger partial charge >= 0.3 is 5.97 Å². The van der Waals surface area contributed by atoms with Crippen LogP contribution in [0.4, 0.5) is 0 Å². The number of piperidine rings is 1. The van der Waals surface area contributed by atoms with Crippen molar-refractivity contribution in [3.8, 4) is 0 Å². The van der Waals surface area contributed by atoms with Crippen molar-refractivity contribution in [1.29, 1.82) is 0 Å². The molecular weight excluding hydrogens is 246 g/mol. The van der Waals surface area contributed by atoms with E-state index < -0.39 is 11.9 Å². The van der Waals surface area contributed by atoms with E-state index in [1.165, 1.54) is 12.8 Å². The number of amidine groups is 1. The molecule has 0 bridgehead atoms. The van der Waals surface area contributed by atoms with Gasteiger partial charge in [0.15, 0.2) is 0 Å². The van der Waals surface area contributed by atoms with Crippen LogP contribution in [0, 0.1) is 11.8 Å². The highest BCUT2D eigenvalue weighted by molar-refractivity contribution is 5.85. The van der Waals surface area contributed by atoms with Crippen LogP contribution >= 0.6 is 0 Å². The Balaban J connectivity index is 2.30. The summed E-state index contributed by atoms with van der Waals surface area (Å²) in [7, 11) is 0. The van der Waals surface area contributed by atoms with Gasteiger partial charge in [0.05, 0.1) is 5.92 Å². The topological polar surface area (TPSA) is 126 Å². The molecule has 1 saturated heterocycles. The van der Waals surface area contributed by atoms with Crippen molar-refractivity contribution >= 4 is 11.8 Å². The Morgan fingerprint density at radius 1 is 1.47 bits per heavy atom. The van der Waals surface area contributed by atoms with Crippen molar-refractivity contribution in [1.82, 2.24) is 10.7 Å². The third kappa shape index (κ3) is 5.89. The molecule has 0 aromatic carbocycles. The van der Waals surface area contributed by atoms with Gasteiger partial charge in [0.2, 0.25) is 0 Å². The van der Waals surface area contributed by atoms with Crippen LogP contribution < -0.4 is 22.4 Å². The summed E-state index contributed by atoms with van der Waals surface area (Å²) in [5.41, 5.74) is 2.33. The van der Waals surface area contributed by atoms with Crippen LogP contribution in [0.3, 0.4) is 0 Å². The molecule has 1 fully saturated rings. The molecule has 0 aliphatic carbocycles. The van der Waals surface area contributed by atoms with Gasteiger partial charge in [0.25, 0.3) is 0 Å². The highest BCUT2D eigenvalue weighted by Gasteiger charge is 2.21. The first-order valence-electron chi connectivity index (χ1n) is 6.84. The molecule has 7 N–H and O–H groups in total. The smallest absolute Gasteiger partial charge is 0.306 e. The molecule has 0 unspecified atom stereocenters. The minimum Gasteiger partial charge on any atom is -0.481 e. The number of rotatable bonds is 7. The lowest BCUT2D eigenvalue weighted by molar-refractivity contribution is -0.141. The molecule has 0 amide bonds. The number of carboxylic acid groups (broad SMARTS) is 1. The molecule has 110 valence electrons. The summed E-state index contributed by atoms with van der Waals surface area (Å²) < 4.78 is 0. The number of nitrogens with zero attached hydrogens (tertiary/aromatic N) is 1. The number of carbonyl (C=O) groups is 1. The number of aliphatic carboxylic acids is 1. The zero-order valence-corrected chi connectivity index (χ0v) is 11.3. The standard InChI is InChI=1S/C12H25N5O2/c13-16-11(17-14)8-10(12(18)19)3-1-2-9-4-6-15-7-5-9/h9-10,15H,1-8,13-14H2,(H,16,17)(H,18,19)/t10-/m0/s1. The van der Waals surface area contributed by atoms with Crippen LogP contribution in [-0.4, -0.2) is 30.0 Å². The van der Waals surface area contributed by atoms with Gasteiger partial charge in [-0.25, -0.2) is 5.84 Å². The van der Waals surface area contributed by atoms with Gasteiger partial charge in [-0.3, -0.25) is 4.79 Å². The predicted molar refractivity (Wildman–Crippen MR) is 74.1 cm³/mol. The zero-order chi connectivity index (χ0) is 14.1. The van der Waals surface area contributed by atoms with Gasteiger partial charge in [0.1, 0.15) is 5.84 Å². The third-order valence-corrected chi connectivity index (χ3v) is 3.74. The summed E-state index contributed by atoms with van der Waals surface area (Å²) in [6.07, 6.45) is 5.30. The second-order valence-electron chi connectivity index (χ2n) is 5.08. The van der Waals surface area contributed by atoms with E-state index in [1.807, 2.05) is 0 Å². The molecule has 0 saturated carbocycles. The second-order valence-corrected chi connectivity index (χ2v) is 5.08. The zero-order valence-electron chi connectivity index (χ0n) is 11.3. The van der Waals surface area contributed by atoms with Gasteiger partial charge in [0, 0.05) is 6.42 Å². The van der Waals surface area contributed by atoms with Crippen LogP contribution in [0.2, 0.25) is 0 Å². The molecule has 1 heterocycles. The molecule has 7 nitrogen and oxygen atoms in total. The van der Waals surface area contributed by atoms with E-state index in [2.05, 4.69) is 15.8 Å². The molecule has 1 aliphatic rings. The molecule has 0 spiro atoms. The second kappa shape index (κ2) is 8.71. The largest absolute Gasteiger partial charge is 0.481 e. The van der Waals surface area contributed by atoms with E-state index >= 15 is 0 Å². The van der Waals surface area contributed by atoms with E-state index in [0.29, 0.717) is 12.3 Å². The van der Waals surface area contributed by atoms with E-state index in [4.69, 9.17) is 11.7 Å². The Bertz CT molecular complexity index is 302. The summed E-state index contributed by atoms with van der Waals surface area (Å²) >= 11 is 0.